The van der Waals surface area contributed by atoms with Crippen molar-refractivity contribution in [1.82, 2.24) is 14.6 Å². The summed E-state index contributed by atoms with van der Waals surface area (Å²) in [6.07, 6.45) is -1.05. The molecular weight excluding hydrogens is 434 g/mol. The minimum absolute atomic E-state index is 0.102. The summed E-state index contributed by atoms with van der Waals surface area (Å²) in [6, 6.07) is 10.7. The summed E-state index contributed by atoms with van der Waals surface area (Å²) in [6.45, 7) is 1.17. The first-order valence-electron chi connectivity index (χ1n) is 8.58. The third-order valence-electron chi connectivity index (χ3n) is 3.91. The number of ether oxygens (including phenoxy) is 1. The van der Waals surface area contributed by atoms with Crippen LogP contribution in [0.5, 0.6) is 0 Å². The molecule has 0 bridgehead atoms. The minimum atomic E-state index is -3.77. The van der Waals surface area contributed by atoms with Gasteiger partial charge >= 0.3 is 5.97 Å². The van der Waals surface area contributed by atoms with E-state index in [9.17, 15) is 18.0 Å². The van der Waals surface area contributed by atoms with Gasteiger partial charge in [-0.05, 0) is 30.5 Å². The van der Waals surface area contributed by atoms with Crippen LogP contribution in [0.25, 0.3) is 10.2 Å². The highest BCUT2D eigenvalue weighted by Gasteiger charge is 2.24. The van der Waals surface area contributed by atoms with E-state index < -0.39 is 34.5 Å². The van der Waals surface area contributed by atoms with Gasteiger partial charge in [0.05, 0.1) is 16.8 Å². The van der Waals surface area contributed by atoms with Crippen molar-refractivity contribution in [3.63, 3.8) is 0 Å². The lowest BCUT2D eigenvalue weighted by molar-refractivity contribution is -0.157. The first kappa shape index (κ1) is 21.4. The van der Waals surface area contributed by atoms with E-state index >= 15 is 0 Å². The topological polar surface area (TPSA) is 106 Å². The molecule has 3 rings (SSSR count). The van der Waals surface area contributed by atoms with Crippen LogP contribution in [0.1, 0.15) is 11.9 Å². The van der Waals surface area contributed by atoms with Gasteiger partial charge in [-0.1, -0.05) is 18.2 Å². The van der Waals surface area contributed by atoms with E-state index in [0.29, 0.717) is 0 Å². The van der Waals surface area contributed by atoms with Crippen molar-refractivity contribution in [1.29, 1.82) is 0 Å². The zero-order valence-corrected chi connectivity index (χ0v) is 18.1. The highest BCUT2D eigenvalue weighted by molar-refractivity contribution is 7.91. The van der Waals surface area contributed by atoms with E-state index in [1.54, 1.807) is 18.5 Å². The maximum atomic E-state index is 12.5. The Labute approximate surface area is 176 Å². The number of nitrogens with zero attached hydrogens (tertiary/aromatic N) is 2. The average Bonchev–Trinajstić information content (AvgIpc) is 3.35. The number of para-hydroxylation sites is 1. The molecule has 11 heteroatoms. The number of sulfonamides is 1. The molecule has 2 aromatic heterocycles. The van der Waals surface area contributed by atoms with E-state index in [4.69, 9.17) is 4.74 Å². The summed E-state index contributed by atoms with van der Waals surface area (Å²) in [7, 11) is -2.18. The quantitative estimate of drug-likeness (QED) is 0.525. The Kier molecular flexibility index (Phi) is 6.63. The monoisotopic (exact) mass is 453 g/mol. The van der Waals surface area contributed by atoms with E-state index in [1.165, 1.54) is 29.2 Å². The van der Waals surface area contributed by atoms with Crippen LogP contribution in [0.4, 0.5) is 0 Å². The summed E-state index contributed by atoms with van der Waals surface area (Å²) in [5.74, 6) is -1.24. The fourth-order valence-corrected chi connectivity index (χ4v) is 5.54. The van der Waals surface area contributed by atoms with E-state index in [-0.39, 0.29) is 10.8 Å². The van der Waals surface area contributed by atoms with Crippen LogP contribution in [0.3, 0.4) is 0 Å². The summed E-state index contributed by atoms with van der Waals surface area (Å²) in [5.41, 5.74) is 0.867. The Hall–Kier alpha value is -2.34. The number of benzene rings is 1. The number of nitrogens with one attached hydrogen (secondary N) is 1. The molecule has 154 valence electrons. The summed E-state index contributed by atoms with van der Waals surface area (Å²) in [4.78, 5) is 30.3. The largest absolute Gasteiger partial charge is 0.452 e. The van der Waals surface area contributed by atoms with Crippen LogP contribution in [-0.2, 0) is 30.9 Å². The number of likely N-dealkylation sites (N-methyl/N-ethyl adjacent to an activating group) is 1. The Balaban J connectivity index is 1.51. The standard InChI is InChI=1S/C18H19N3O5S3/c1-12(26-16(22)10-19-29(24,25)17-8-5-9-27-17)18(23)21(2)11-15-20-13-6-3-4-7-14(13)28-15/h3-9,12,19H,10-11H2,1-2H3. The molecule has 1 N–H and O–H groups in total. The van der Waals surface area contributed by atoms with Gasteiger partial charge in [-0.3, -0.25) is 9.59 Å². The van der Waals surface area contributed by atoms with Crippen LogP contribution >= 0.6 is 22.7 Å². The van der Waals surface area contributed by atoms with Gasteiger partial charge in [0, 0.05) is 7.05 Å². The number of carbonyl (C=O) groups is 2. The summed E-state index contributed by atoms with van der Waals surface area (Å²) < 4.78 is 32.4. The van der Waals surface area contributed by atoms with Crippen molar-refractivity contribution >= 4 is 54.8 Å². The molecule has 2 heterocycles. The van der Waals surface area contributed by atoms with E-state index in [2.05, 4.69) is 9.71 Å². The van der Waals surface area contributed by atoms with Crippen molar-refractivity contribution in [2.75, 3.05) is 13.6 Å². The van der Waals surface area contributed by atoms with Gasteiger partial charge in [-0.2, -0.15) is 4.72 Å². The van der Waals surface area contributed by atoms with Gasteiger partial charge in [-0.15, -0.1) is 22.7 Å². The predicted molar refractivity (Wildman–Crippen MR) is 111 cm³/mol. The molecular formula is C18H19N3O5S3. The van der Waals surface area contributed by atoms with Gasteiger partial charge in [0.15, 0.2) is 6.10 Å². The second kappa shape index (κ2) is 8.99. The first-order chi connectivity index (χ1) is 13.8. The lowest BCUT2D eigenvalue weighted by Crippen LogP contribution is -2.39. The Morgan fingerprint density at radius 1 is 1.24 bits per heavy atom. The molecule has 8 nitrogen and oxygen atoms in total. The number of hydrogen-bond donors (Lipinski definition) is 1. The molecule has 3 aromatic rings. The van der Waals surface area contributed by atoms with E-state index in [1.807, 2.05) is 24.3 Å². The number of fused-ring (bicyclic) bond motifs is 1. The van der Waals surface area contributed by atoms with Crippen molar-refractivity contribution in [2.24, 2.45) is 0 Å². The molecule has 0 saturated heterocycles. The fraction of sp³-hybridized carbons (Fsp3) is 0.278. The smallest absolute Gasteiger partial charge is 0.321 e. The van der Waals surface area contributed by atoms with E-state index in [0.717, 1.165) is 26.6 Å². The zero-order valence-electron chi connectivity index (χ0n) is 15.7. The van der Waals surface area contributed by atoms with Crippen LogP contribution in [0, 0.1) is 0 Å². The number of esters is 1. The number of hydrogen-bond acceptors (Lipinski definition) is 8. The fourth-order valence-electron chi connectivity index (χ4n) is 2.51. The van der Waals surface area contributed by atoms with Crippen molar-refractivity contribution in [2.45, 2.75) is 23.8 Å². The Morgan fingerprint density at radius 2 is 2.00 bits per heavy atom. The third-order valence-corrected chi connectivity index (χ3v) is 7.73. The number of thiophene rings is 1. The van der Waals surface area contributed by atoms with Crippen LogP contribution in [-0.4, -0.2) is 49.9 Å². The summed E-state index contributed by atoms with van der Waals surface area (Å²) in [5, 5.41) is 2.39. The lowest BCUT2D eigenvalue weighted by Gasteiger charge is -2.20. The average molecular weight is 454 g/mol. The van der Waals surface area contributed by atoms with Gasteiger partial charge in [0.2, 0.25) is 0 Å². The first-order valence-corrected chi connectivity index (χ1v) is 11.8. The highest BCUT2D eigenvalue weighted by atomic mass is 32.2. The summed E-state index contributed by atoms with van der Waals surface area (Å²) >= 11 is 2.53. The highest BCUT2D eigenvalue weighted by Crippen LogP contribution is 2.22. The Morgan fingerprint density at radius 3 is 2.69 bits per heavy atom. The molecule has 1 amide bonds. The number of aromatic nitrogens is 1. The maximum Gasteiger partial charge on any atom is 0.321 e. The minimum Gasteiger partial charge on any atom is -0.452 e. The van der Waals surface area contributed by atoms with Crippen LogP contribution < -0.4 is 4.72 Å². The molecule has 0 saturated carbocycles. The Bertz CT molecular complexity index is 1080. The number of amides is 1. The lowest BCUT2D eigenvalue weighted by atomic mass is 10.3. The van der Waals surface area contributed by atoms with Gasteiger partial charge in [0.1, 0.15) is 15.8 Å². The molecule has 0 spiro atoms. The second-order valence-electron chi connectivity index (χ2n) is 6.16. The molecule has 1 unspecified atom stereocenters. The normalized spacial score (nSPS) is 12.6. The SMILES string of the molecule is CC(OC(=O)CNS(=O)(=O)c1cccs1)C(=O)N(C)Cc1nc2ccccc2s1. The predicted octanol–water partition coefficient (Wildman–Crippen LogP) is 2.23. The van der Waals surface area contributed by atoms with Crippen molar-refractivity contribution in [3.8, 4) is 0 Å². The maximum absolute atomic E-state index is 12.5. The molecule has 29 heavy (non-hydrogen) atoms. The van der Waals surface area contributed by atoms with Gasteiger partial charge < -0.3 is 9.64 Å². The molecule has 0 radical (unpaired) electrons. The molecule has 0 fully saturated rings. The molecule has 1 atom stereocenters. The second-order valence-corrected chi connectivity index (χ2v) is 10.2. The molecule has 0 aliphatic rings. The number of carbonyl (C=O) groups excluding carboxylic acids is 2. The molecule has 0 aliphatic heterocycles. The molecule has 0 aliphatic carbocycles. The van der Waals surface area contributed by atoms with Crippen LogP contribution in [0.15, 0.2) is 46.0 Å². The molecule has 1 aromatic carbocycles. The van der Waals surface area contributed by atoms with Crippen molar-refractivity contribution in [3.05, 3.63) is 46.8 Å². The van der Waals surface area contributed by atoms with Gasteiger partial charge in [-0.25, -0.2) is 13.4 Å². The van der Waals surface area contributed by atoms with Crippen LogP contribution in [0.2, 0.25) is 0 Å². The number of thiazole rings is 1. The van der Waals surface area contributed by atoms with Crippen molar-refractivity contribution < 1.29 is 22.7 Å². The number of rotatable bonds is 8. The zero-order chi connectivity index (χ0) is 21.0. The third kappa shape index (κ3) is 5.38. The van der Waals surface area contributed by atoms with Gasteiger partial charge in [0.25, 0.3) is 15.9 Å².